The maximum absolute atomic E-state index is 13.0. The molecule has 3 N–H and O–H groups in total. The van der Waals surface area contributed by atoms with Crippen LogP contribution in [0.5, 0.6) is 0 Å². The monoisotopic (exact) mass is 533 g/mol. The summed E-state index contributed by atoms with van der Waals surface area (Å²) in [6.07, 6.45) is 2.43. The van der Waals surface area contributed by atoms with Crippen molar-refractivity contribution in [1.29, 1.82) is 0 Å². The molecule has 0 aliphatic carbocycles. The number of carboxylic acids is 1. The summed E-state index contributed by atoms with van der Waals surface area (Å²) < 4.78 is 5.75. The van der Waals surface area contributed by atoms with Gasteiger partial charge in [-0.05, 0) is 78.9 Å². The van der Waals surface area contributed by atoms with Gasteiger partial charge in [-0.1, -0.05) is 30.7 Å². The van der Waals surface area contributed by atoms with Crippen molar-refractivity contribution in [2.75, 3.05) is 5.32 Å². The van der Waals surface area contributed by atoms with E-state index in [-0.39, 0.29) is 6.42 Å². The smallest absolute Gasteiger partial charge is 0.326 e. The van der Waals surface area contributed by atoms with E-state index in [9.17, 15) is 14.7 Å². The Balaban J connectivity index is 1.41. The minimum absolute atomic E-state index is 0.109. The van der Waals surface area contributed by atoms with Crippen LogP contribution in [-0.2, 0) is 24.2 Å². The van der Waals surface area contributed by atoms with Gasteiger partial charge >= 0.3 is 5.97 Å². The van der Waals surface area contributed by atoms with Gasteiger partial charge in [-0.2, -0.15) is 0 Å². The third-order valence-electron chi connectivity index (χ3n) is 6.04. The van der Waals surface area contributed by atoms with Gasteiger partial charge in [0.2, 0.25) is 11.8 Å². The predicted molar refractivity (Wildman–Crippen MR) is 144 cm³/mol. The van der Waals surface area contributed by atoms with E-state index in [1.54, 1.807) is 49.5 Å². The number of carbonyl (C=O) groups excluding carboxylic acids is 1. The molecule has 9 nitrogen and oxygen atoms in total. The molecule has 1 atom stereocenters. The summed E-state index contributed by atoms with van der Waals surface area (Å²) in [5.41, 5.74) is 4.44. The van der Waals surface area contributed by atoms with E-state index in [0.29, 0.717) is 52.3 Å². The largest absolute Gasteiger partial charge is 0.480 e. The van der Waals surface area contributed by atoms with Crippen LogP contribution in [-0.4, -0.2) is 38.2 Å². The summed E-state index contributed by atoms with van der Waals surface area (Å²) in [6, 6.07) is 13.3. The van der Waals surface area contributed by atoms with E-state index in [1.807, 2.05) is 26.0 Å². The molecule has 0 radical (unpaired) electrons. The summed E-state index contributed by atoms with van der Waals surface area (Å²) in [4.78, 5) is 29.2. The lowest BCUT2D eigenvalue weighted by atomic mass is 9.98. The van der Waals surface area contributed by atoms with Gasteiger partial charge in [0, 0.05) is 28.8 Å². The van der Waals surface area contributed by atoms with Crippen LogP contribution in [0.3, 0.4) is 0 Å². The fourth-order valence-corrected chi connectivity index (χ4v) is 4.40. The van der Waals surface area contributed by atoms with Crippen LogP contribution in [0.4, 0.5) is 5.82 Å². The molecule has 0 spiro atoms. The Morgan fingerprint density at radius 1 is 1.08 bits per heavy atom. The van der Waals surface area contributed by atoms with Crippen molar-refractivity contribution >= 4 is 29.3 Å². The number of aryl methyl sites for hydroxylation is 3. The Bertz CT molecular complexity index is 1450. The third-order valence-corrected chi connectivity index (χ3v) is 6.26. The van der Waals surface area contributed by atoms with Crippen molar-refractivity contribution in [3.05, 3.63) is 93.5 Å². The number of halogens is 1. The zero-order chi connectivity index (χ0) is 27.2. The van der Waals surface area contributed by atoms with E-state index < -0.39 is 17.9 Å². The fraction of sp³-hybridized carbons (Fsp3) is 0.250. The van der Waals surface area contributed by atoms with Gasteiger partial charge < -0.3 is 20.2 Å². The minimum Gasteiger partial charge on any atom is -0.480 e. The topological polar surface area (TPSA) is 130 Å². The molecule has 0 saturated heterocycles. The fourth-order valence-electron chi connectivity index (χ4n) is 4.11. The molecule has 2 heterocycles. The van der Waals surface area contributed by atoms with E-state index in [4.69, 9.17) is 16.0 Å². The van der Waals surface area contributed by atoms with Gasteiger partial charge in [-0.25, -0.2) is 9.78 Å². The number of nitrogens with one attached hydrogen (secondary N) is 2. The number of carbonyl (C=O) groups is 2. The van der Waals surface area contributed by atoms with Crippen molar-refractivity contribution in [2.24, 2.45) is 0 Å². The quantitative estimate of drug-likeness (QED) is 0.259. The Hall–Kier alpha value is -4.24. The highest BCUT2D eigenvalue weighted by Gasteiger charge is 2.24. The molecular formula is C28H28ClN5O4. The second-order valence-electron chi connectivity index (χ2n) is 8.95. The maximum atomic E-state index is 13.0. The van der Waals surface area contributed by atoms with E-state index in [2.05, 4.69) is 25.8 Å². The number of hydrogen-bond acceptors (Lipinski definition) is 7. The number of nitrogens with zero attached hydrogens (tertiary/aromatic N) is 3. The first-order valence-corrected chi connectivity index (χ1v) is 12.5. The molecule has 0 aliphatic heterocycles. The van der Waals surface area contributed by atoms with Crippen LogP contribution in [0.1, 0.15) is 45.4 Å². The Morgan fingerprint density at radius 3 is 2.53 bits per heavy atom. The second kappa shape index (κ2) is 11.9. The molecule has 2 aromatic heterocycles. The number of amides is 1. The summed E-state index contributed by atoms with van der Waals surface area (Å²) in [5.74, 6) is -0.0904. The average Bonchev–Trinajstić information content (AvgIpc) is 3.36. The number of benzene rings is 2. The minimum atomic E-state index is -1.12. The molecule has 196 valence electrons. The van der Waals surface area contributed by atoms with Crippen molar-refractivity contribution in [2.45, 2.75) is 46.2 Å². The van der Waals surface area contributed by atoms with Gasteiger partial charge in [0.15, 0.2) is 0 Å². The molecule has 0 saturated carbocycles. The summed E-state index contributed by atoms with van der Waals surface area (Å²) in [6.45, 7) is 6.01. The number of pyridine rings is 1. The molecule has 1 amide bonds. The van der Waals surface area contributed by atoms with Crippen LogP contribution in [0.25, 0.3) is 11.5 Å². The van der Waals surface area contributed by atoms with Crippen LogP contribution >= 0.6 is 11.6 Å². The molecule has 4 rings (SSSR count). The first-order valence-electron chi connectivity index (χ1n) is 12.1. The maximum Gasteiger partial charge on any atom is 0.326 e. The predicted octanol–water partition coefficient (Wildman–Crippen LogP) is 5.00. The number of rotatable bonds is 10. The summed E-state index contributed by atoms with van der Waals surface area (Å²) in [7, 11) is 0. The van der Waals surface area contributed by atoms with Gasteiger partial charge in [0.05, 0.1) is 6.54 Å². The van der Waals surface area contributed by atoms with Crippen molar-refractivity contribution in [3.8, 4) is 11.5 Å². The molecule has 1 unspecified atom stereocenters. The van der Waals surface area contributed by atoms with Gasteiger partial charge in [-0.3, -0.25) is 4.79 Å². The third kappa shape index (κ3) is 6.54. The van der Waals surface area contributed by atoms with Crippen molar-refractivity contribution < 1.29 is 19.1 Å². The number of aromatic nitrogens is 3. The zero-order valence-corrected chi connectivity index (χ0v) is 22.0. The van der Waals surface area contributed by atoms with Gasteiger partial charge in [0.1, 0.15) is 11.9 Å². The Morgan fingerprint density at radius 2 is 1.84 bits per heavy atom. The van der Waals surface area contributed by atoms with E-state index in [0.717, 1.165) is 16.7 Å². The highest BCUT2D eigenvalue weighted by atomic mass is 35.5. The lowest BCUT2D eigenvalue weighted by Gasteiger charge is -2.18. The van der Waals surface area contributed by atoms with Crippen molar-refractivity contribution in [1.82, 2.24) is 20.5 Å². The molecule has 0 bridgehead atoms. The van der Waals surface area contributed by atoms with Gasteiger partial charge in [0.25, 0.3) is 5.91 Å². The Labute approximate surface area is 225 Å². The van der Waals surface area contributed by atoms with Crippen molar-refractivity contribution in [3.63, 3.8) is 0 Å². The molecule has 0 fully saturated rings. The molecule has 4 aromatic rings. The molecule has 0 aliphatic rings. The SMILES string of the molecule is CCc1cc(Cl)cc(C)c1C(=O)NC(Cc1ccc(-c2nnc(CNc3cc(C)ccn3)o2)cc1)C(=O)O. The first-order chi connectivity index (χ1) is 18.2. The average molecular weight is 534 g/mol. The molecular weight excluding hydrogens is 506 g/mol. The molecule has 2 aromatic carbocycles. The highest BCUT2D eigenvalue weighted by molar-refractivity contribution is 6.30. The lowest BCUT2D eigenvalue weighted by molar-refractivity contribution is -0.139. The zero-order valence-electron chi connectivity index (χ0n) is 21.3. The number of anilines is 1. The summed E-state index contributed by atoms with van der Waals surface area (Å²) >= 11 is 6.13. The normalized spacial score (nSPS) is 11.7. The van der Waals surface area contributed by atoms with Gasteiger partial charge in [-0.15, -0.1) is 10.2 Å². The number of carboxylic acid groups (broad SMARTS) is 1. The van der Waals surface area contributed by atoms with Crippen LogP contribution in [0.15, 0.2) is 59.1 Å². The lowest BCUT2D eigenvalue weighted by Crippen LogP contribution is -2.42. The first kappa shape index (κ1) is 26.8. The highest BCUT2D eigenvalue weighted by Crippen LogP contribution is 2.23. The van der Waals surface area contributed by atoms with Crippen LogP contribution in [0, 0.1) is 13.8 Å². The van der Waals surface area contributed by atoms with E-state index in [1.165, 1.54) is 0 Å². The van der Waals surface area contributed by atoms with Crippen LogP contribution < -0.4 is 10.6 Å². The molecule has 38 heavy (non-hydrogen) atoms. The van der Waals surface area contributed by atoms with Crippen LogP contribution in [0.2, 0.25) is 5.02 Å². The second-order valence-corrected chi connectivity index (χ2v) is 9.39. The Kier molecular flexibility index (Phi) is 8.38. The van der Waals surface area contributed by atoms with E-state index >= 15 is 0 Å². The summed E-state index contributed by atoms with van der Waals surface area (Å²) in [5, 5.41) is 24.3. The molecule has 10 heteroatoms. The number of aliphatic carboxylic acids is 1. The number of hydrogen-bond donors (Lipinski definition) is 3. The standard InChI is InChI=1S/C28H28ClN5O4/c1-4-19-14-21(29)12-17(3)25(19)26(35)32-22(28(36)37)13-18-5-7-20(8-6-18)27-34-33-24(38-27)15-31-23-11-16(2)9-10-30-23/h5-12,14,22H,4,13,15H2,1-3H3,(H,30,31)(H,32,35)(H,36,37).